The highest BCUT2D eigenvalue weighted by molar-refractivity contribution is 5.99. The molecule has 7 atom stereocenters. The van der Waals surface area contributed by atoms with Crippen molar-refractivity contribution in [3.05, 3.63) is 60.2 Å². The third-order valence-electron chi connectivity index (χ3n) is 10.7. The van der Waals surface area contributed by atoms with Gasteiger partial charge >= 0.3 is 5.97 Å². The number of fused-ring (bicyclic) bond motifs is 2. The van der Waals surface area contributed by atoms with Crippen molar-refractivity contribution < 1.29 is 43.2 Å². The molecule has 0 radical (unpaired) electrons. The number of aliphatic hydroxyl groups excluding tert-OH is 1. The van der Waals surface area contributed by atoms with Crippen LogP contribution in [0.4, 0.5) is 0 Å². The highest BCUT2D eigenvalue weighted by atomic mass is 16.6. The third-order valence-corrected chi connectivity index (χ3v) is 10.7. The first-order valence-corrected chi connectivity index (χ1v) is 18.4. The van der Waals surface area contributed by atoms with Gasteiger partial charge in [0.25, 0.3) is 0 Å². The van der Waals surface area contributed by atoms with E-state index in [1.54, 1.807) is 15.9 Å². The van der Waals surface area contributed by atoms with Gasteiger partial charge in [-0.25, -0.2) is 0 Å². The van der Waals surface area contributed by atoms with E-state index in [-0.39, 0.29) is 37.4 Å². The lowest BCUT2D eigenvalue weighted by Crippen LogP contribution is -2.57. The number of nitrogens with zero attached hydrogens (tertiary/aromatic N) is 3. The average Bonchev–Trinajstić information content (AvgIpc) is 3.79. The number of hydrogen-bond acceptors (Lipinski definition) is 10. The maximum atomic E-state index is 14.9. The molecule has 278 valence electrons. The molecule has 0 unspecified atom stereocenters. The topological polar surface area (TPSA) is 147 Å². The van der Waals surface area contributed by atoms with Crippen LogP contribution in [0.1, 0.15) is 50.2 Å². The SMILES string of the molecule is COC[C@H]1NC(=O)CC/C=C\CN(CCN2CCOCC2)C(=O)[C@@H]2N(CCCCCCO)C(=O)[C@H]3[C@H](C(=O)O[C@@H]1c1ccccc1)[C@@H]1C=C[C@]23O1. The van der Waals surface area contributed by atoms with Crippen LogP contribution in [0.2, 0.25) is 0 Å². The van der Waals surface area contributed by atoms with E-state index in [0.29, 0.717) is 64.2 Å². The largest absolute Gasteiger partial charge is 0.455 e. The number of cyclic esters (lactones) is 1. The van der Waals surface area contributed by atoms with Gasteiger partial charge in [-0.2, -0.15) is 0 Å². The van der Waals surface area contributed by atoms with Gasteiger partial charge in [-0.1, -0.05) is 67.5 Å². The van der Waals surface area contributed by atoms with Crippen LogP contribution in [-0.4, -0.2) is 140 Å². The van der Waals surface area contributed by atoms with Crippen LogP contribution in [0.15, 0.2) is 54.6 Å². The van der Waals surface area contributed by atoms with E-state index in [1.807, 2.05) is 48.6 Å². The molecule has 1 aromatic rings. The summed E-state index contributed by atoms with van der Waals surface area (Å²) in [7, 11) is 1.52. The number of nitrogens with one attached hydrogen (secondary N) is 1. The molecule has 5 bridgehead atoms. The van der Waals surface area contributed by atoms with Crippen molar-refractivity contribution in [1.82, 2.24) is 20.0 Å². The minimum absolute atomic E-state index is 0.0873. The van der Waals surface area contributed by atoms with Crippen molar-refractivity contribution in [3.63, 3.8) is 0 Å². The second-order valence-corrected chi connectivity index (χ2v) is 14.0. The van der Waals surface area contributed by atoms with Crippen LogP contribution < -0.4 is 5.32 Å². The Morgan fingerprint density at radius 3 is 2.51 bits per heavy atom. The van der Waals surface area contributed by atoms with E-state index in [4.69, 9.17) is 18.9 Å². The number of carbonyl (C=O) groups is 4. The van der Waals surface area contributed by atoms with Crippen LogP contribution in [0, 0.1) is 11.8 Å². The first-order chi connectivity index (χ1) is 24.9. The van der Waals surface area contributed by atoms with Crippen molar-refractivity contribution >= 4 is 23.7 Å². The predicted molar refractivity (Wildman–Crippen MR) is 186 cm³/mol. The summed E-state index contributed by atoms with van der Waals surface area (Å²) in [5.41, 5.74) is -0.656. The smallest absolute Gasteiger partial charge is 0.313 e. The number of benzene rings is 1. The minimum Gasteiger partial charge on any atom is -0.455 e. The standard InChI is InChI=1S/C38H52N4O9/c1-48-26-28-33(27-12-6-4-7-13-27)50-37(47)31-29-15-16-38(51-29)32(31)35(45)42(18-10-2-3-11-23-43)34(38)36(46)41(17-9-5-8-14-30(44)39-28)20-19-40-21-24-49-25-22-40/h4-7,9,12-13,15-16,28-29,31-34,43H,2-3,8,10-11,14,17-26H2,1H3,(H,39,44)/b9-5-/t28-,29+,31-,32-,33-,34+,38-/m1/s1. The number of rotatable bonds is 12. The molecule has 3 saturated heterocycles. The third kappa shape index (κ3) is 8.07. The van der Waals surface area contributed by atoms with Crippen molar-refractivity contribution in [3.8, 4) is 0 Å². The summed E-state index contributed by atoms with van der Waals surface area (Å²) in [6.45, 7) is 4.68. The second-order valence-electron chi connectivity index (χ2n) is 14.0. The number of unbranched alkanes of at least 4 members (excludes halogenated alkanes) is 3. The highest BCUT2D eigenvalue weighted by Crippen LogP contribution is 2.56. The Hall–Kier alpha value is -3.62. The van der Waals surface area contributed by atoms with Gasteiger partial charge in [-0.15, -0.1) is 0 Å². The number of allylic oxidation sites excluding steroid dienone is 1. The number of hydrogen-bond donors (Lipinski definition) is 2. The Morgan fingerprint density at radius 2 is 1.75 bits per heavy atom. The number of likely N-dealkylation sites (tertiary alicyclic amines) is 1. The Labute approximate surface area is 299 Å². The molecule has 1 spiro atoms. The van der Waals surface area contributed by atoms with Crippen LogP contribution in [0.5, 0.6) is 0 Å². The lowest BCUT2D eigenvalue weighted by Gasteiger charge is -2.37. The van der Waals surface area contributed by atoms with Gasteiger partial charge in [-0.05, 0) is 24.8 Å². The van der Waals surface area contributed by atoms with Gasteiger partial charge in [0, 0.05) is 59.4 Å². The molecular formula is C38H52N4O9. The molecule has 3 fully saturated rings. The van der Waals surface area contributed by atoms with Crippen LogP contribution in [0.3, 0.4) is 0 Å². The molecule has 0 aliphatic carbocycles. The molecule has 51 heavy (non-hydrogen) atoms. The number of amides is 3. The van der Waals surface area contributed by atoms with E-state index in [2.05, 4.69) is 10.2 Å². The summed E-state index contributed by atoms with van der Waals surface area (Å²) in [4.78, 5) is 62.8. The number of aliphatic hydroxyl groups is 1. The normalized spacial score (nSPS) is 32.3. The summed E-state index contributed by atoms with van der Waals surface area (Å²) in [6, 6.07) is 7.52. The zero-order valence-electron chi connectivity index (χ0n) is 29.5. The van der Waals surface area contributed by atoms with E-state index in [9.17, 15) is 24.3 Å². The molecule has 5 heterocycles. The van der Waals surface area contributed by atoms with Gasteiger partial charge in [0.05, 0.1) is 37.9 Å². The molecular weight excluding hydrogens is 656 g/mol. The zero-order chi connectivity index (χ0) is 35.8. The summed E-state index contributed by atoms with van der Waals surface area (Å²) in [5.74, 6) is -3.32. The van der Waals surface area contributed by atoms with E-state index in [1.165, 1.54) is 7.11 Å². The van der Waals surface area contributed by atoms with Crippen molar-refractivity contribution in [2.75, 3.05) is 72.8 Å². The molecule has 0 aromatic heterocycles. The zero-order valence-corrected chi connectivity index (χ0v) is 29.5. The summed E-state index contributed by atoms with van der Waals surface area (Å²) in [6.07, 6.45) is 9.30. The first-order valence-electron chi connectivity index (χ1n) is 18.4. The first kappa shape index (κ1) is 37.1. The summed E-state index contributed by atoms with van der Waals surface area (Å²) >= 11 is 0. The fourth-order valence-electron chi connectivity index (χ4n) is 8.18. The quantitative estimate of drug-likeness (QED) is 0.187. The van der Waals surface area contributed by atoms with Gasteiger partial charge in [-0.3, -0.25) is 24.1 Å². The van der Waals surface area contributed by atoms with Gasteiger partial charge in [0.1, 0.15) is 23.7 Å². The Morgan fingerprint density at radius 1 is 0.961 bits per heavy atom. The molecule has 3 amide bonds. The molecule has 6 rings (SSSR count). The number of ether oxygens (including phenoxy) is 4. The van der Waals surface area contributed by atoms with E-state index in [0.717, 1.165) is 25.9 Å². The van der Waals surface area contributed by atoms with E-state index < -0.39 is 47.7 Å². The Kier molecular flexibility index (Phi) is 12.6. The van der Waals surface area contributed by atoms with Crippen LogP contribution >= 0.6 is 0 Å². The molecule has 2 N–H and O–H groups in total. The van der Waals surface area contributed by atoms with E-state index >= 15 is 0 Å². The Balaban J connectivity index is 1.36. The number of morpholine rings is 1. The number of methoxy groups -OCH3 is 1. The molecule has 0 saturated carbocycles. The van der Waals surface area contributed by atoms with Gasteiger partial charge < -0.3 is 39.2 Å². The summed E-state index contributed by atoms with van der Waals surface area (Å²) < 4.78 is 23.9. The summed E-state index contributed by atoms with van der Waals surface area (Å²) in [5, 5.41) is 12.3. The second kappa shape index (κ2) is 17.3. The minimum atomic E-state index is -1.33. The maximum absolute atomic E-state index is 14.9. The fraction of sp³-hybridized carbons (Fsp3) is 0.632. The molecule has 13 heteroatoms. The number of carbonyl (C=O) groups excluding carboxylic acids is 4. The monoisotopic (exact) mass is 708 g/mol. The predicted octanol–water partition coefficient (Wildman–Crippen LogP) is 1.62. The molecule has 5 aliphatic rings. The molecule has 13 nitrogen and oxygen atoms in total. The van der Waals surface area contributed by atoms with Crippen LogP contribution in [0.25, 0.3) is 0 Å². The lowest BCUT2D eigenvalue weighted by atomic mass is 9.74. The van der Waals surface area contributed by atoms with Gasteiger partial charge in [0.15, 0.2) is 0 Å². The highest BCUT2D eigenvalue weighted by Gasteiger charge is 2.73. The molecule has 1 aromatic carbocycles. The van der Waals surface area contributed by atoms with Crippen molar-refractivity contribution in [2.24, 2.45) is 11.8 Å². The maximum Gasteiger partial charge on any atom is 0.313 e. The Bertz CT molecular complexity index is 1430. The van der Waals surface area contributed by atoms with Crippen LogP contribution in [-0.2, 0) is 38.1 Å². The van der Waals surface area contributed by atoms with Crippen molar-refractivity contribution in [2.45, 2.75) is 68.4 Å². The number of esters is 1. The average molecular weight is 709 g/mol. The van der Waals surface area contributed by atoms with Gasteiger partial charge in [0.2, 0.25) is 17.7 Å². The molecule has 5 aliphatic heterocycles. The lowest BCUT2D eigenvalue weighted by molar-refractivity contribution is -0.162. The van der Waals surface area contributed by atoms with Crippen molar-refractivity contribution in [1.29, 1.82) is 0 Å². The fourth-order valence-corrected chi connectivity index (χ4v) is 8.18.